The largest absolute Gasteiger partial charge is 0.480 e. The number of esters is 2. The first-order chi connectivity index (χ1) is 31.1. The molecule has 12 heteroatoms. The highest BCUT2D eigenvalue weighted by atomic mass is 31.2. The second kappa shape index (κ2) is 47.0. The molecule has 0 aliphatic heterocycles. The summed E-state index contributed by atoms with van der Waals surface area (Å²) in [4.78, 5) is 46.2. The van der Waals surface area contributed by atoms with Gasteiger partial charge in [0.15, 0.2) is 6.10 Å². The number of ether oxygens (including phenoxy) is 2. The van der Waals surface area contributed by atoms with Crippen molar-refractivity contribution >= 4 is 25.7 Å². The Morgan fingerprint density at radius 2 is 0.859 bits per heavy atom. The van der Waals surface area contributed by atoms with Crippen molar-refractivity contribution in [3.63, 3.8) is 0 Å². The van der Waals surface area contributed by atoms with Crippen LogP contribution in [0.5, 0.6) is 0 Å². The number of unbranched alkanes of at least 4 members (excludes halogenated alkanes) is 26. The number of allylic oxidation sites excluding steroid dienone is 8. The Kier molecular flexibility index (Phi) is 45.1. The molecule has 0 saturated heterocycles. The lowest BCUT2D eigenvalue weighted by molar-refractivity contribution is -0.161. The van der Waals surface area contributed by atoms with Crippen molar-refractivity contribution in [1.29, 1.82) is 0 Å². The summed E-state index contributed by atoms with van der Waals surface area (Å²) < 4.78 is 32.8. The number of aliphatic carboxylic acids is 1. The summed E-state index contributed by atoms with van der Waals surface area (Å²) in [5.41, 5.74) is 5.35. The Morgan fingerprint density at radius 3 is 1.30 bits per heavy atom. The summed E-state index contributed by atoms with van der Waals surface area (Å²) in [6.45, 7) is 2.74. The predicted molar refractivity (Wildman–Crippen MR) is 263 cm³/mol. The predicted octanol–water partition coefficient (Wildman–Crippen LogP) is 14.5. The number of phosphoric ester groups is 1. The van der Waals surface area contributed by atoms with Gasteiger partial charge in [0.25, 0.3) is 0 Å². The number of phosphoric acid groups is 1. The second-order valence-corrected chi connectivity index (χ2v) is 18.8. The first kappa shape index (κ1) is 61.4. The minimum atomic E-state index is -4.73. The van der Waals surface area contributed by atoms with E-state index in [1.54, 1.807) is 0 Å². The summed E-state index contributed by atoms with van der Waals surface area (Å²) in [7, 11) is -4.73. The highest BCUT2D eigenvalue weighted by molar-refractivity contribution is 7.47. The Bertz CT molecular complexity index is 1270. The van der Waals surface area contributed by atoms with Gasteiger partial charge in [-0.25, -0.2) is 4.57 Å². The molecule has 0 aromatic carbocycles. The normalized spacial score (nSPS) is 13.9. The Morgan fingerprint density at radius 1 is 0.484 bits per heavy atom. The van der Waals surface area contributed by atoms with Crippen LogP contribution in [0.15, 0.2) is 48.6 Å². The fourth-order valence-corrected chi connectivity index (χ4v) is 7.84. The quantitative estimate of drug-likeness (QED) is 0.0229. The molecule has 64 heavy (non-hydrogen) atoms. The zero-order valence-corrected chi connectivity index (χ0v) is 41.5. The van der Waals surface area contributed by atoms with Gasteiger partial charge in [-0.15, -0.1) is 0 Å². The summed E-state index contributed by atoms with van der Waals surface area (Å²) >= 11 is 0. The average Bonchev–Trinajstić information content (AvgIpc) is 3.27. The van der Waals surface area contributed by atoms with Crippen LogP contribution in [0.3, 0.4) is 0 Å². The summed E-state index contributed by atoms with van der Waals surface area (Å²) in [6.07, 6.45) is 54.7. The minimum absolute atomic E-state index is 0.156. The maximum atomic E-state index is 12.7. The van der Waals surface area contributed by atoms with E-state index in [-0.39, 0.29) is 19.4 Å². The van der Waals surface area contributed by atoms with Gasteiger partial charge in [0.2, 0.25) is 0 Å². The van der Waals surface area contributed by atoms with Crippen LogP contribution < -0.4 is 5.73 Å². The van der Waals surface area contributed by atoms with E-state index in [0.29, 0.717) is 12.8 Å². The molecule has 0 aliphatic rings. The van der Waals surface area contributed by atoms with Crippen LogP contribution in [0.2, 0.25) is 0 Å². The van der Waals surface area contributed by atoms with Crippen LogP contribution in [0.4, 0.5) is 0 Å². The fourth-order valence-electron chi connectivity index (χ4n) is 7.06. The van der Waals surface area contributed by atoms with Crippen LogP contribution >= 0.6 is 7.82 Å². The molecule has 1 unspecified atom stereocenters. The van der Waals surface area contributed by atoms with E-state index >= 15 is 0 Å². The van der Waals surface area contributed by atoms with Crippen LogP contribution in [-0.4, -0.2) is 59.9 Å². The topological polar surface area (TPSA) is 172 Å². The van der Waals surface area contributed by atoms with Crippen molar-refractivity contribution in [1.82, 2.24) is 0 Å². The van der Waals surface area contributed by atoms with Crippen molar-refractivity contribution < 1.29 is 47.5 Å². The smallest absolute Gasteiger partial charge is 0.472 e. The molecule has 0 amide bonds. The van der Waals surface area contributed by atoms with Gasteiger partial charge in [-0.1, -0.05) is 217 Å². The first-order valence-electron chi connectivity index (χ1n) is 25.7. The third-order valence-corrected chi connectivity index (χ3v) is 12.0. The molecule has 0 aromatic heterocycles. The molecule has 0 fully saturated rings. The van der Waals surface area contributed by atoms with Gasteiger partial charge in [-0.2, -0.15) is 0 Å². The molecular formula is C52H94NO10P. The lowest BCUT2D eigenvalue weighted by atomic mass is 10.0. The maximum Gasteiger partial charge on any atom is 0.472 e. The lowest BCUT2D eigenvalue weighted by Gasteiger charge is -2.20. The molecule has 3 atom stereocenters. The van der Waals surface area contributed by atoms with Crippen LogP contribution in [0.25, 0.3) is 0 Å². The number of hydrogen-bond donors (Lipinski definition) is 3. The zero-order valence-electron chi connectivity index (χ0n) is 40.6. The van der Waals surface area contributed by atoms with E-state index in [4.69, 9.17) is 24.8 Å². The van der Waals surface area contributed by atoms with Crippen LogP contribution in [-0.2, 0) is 37.5 Å². The van der Waals surface area contributed by atoms with E-state index in [2.05, 4.69) is 67.0 Å². The highest BCUT2D eigenvalue weighted by Gasteiger charge is 2.28. The molecular weight excluding hydrogens is 830 g/mol. The fraction of sp³-hybridized carbons (Fsp3) is 0.788. The molecule has 0 heterocycles. The Labute approximate surface area is 390 Å². The minimum Gasteiger partial charge on any atom is -0.480 e. The molecule has 0 aromatic rings. The van der Waals surface area contributed by atoms with Crippen molar-refractivity contribution in [2.24, 2.45) is 5.73 Å². The highest BCUT2D eigenvalue weighted by Crippen LogP contribution is 2.43. The monoisotopic (exact) mass is 924 g/mol. The van der Waals surface area contributed by atoms with E-state index in [1.165, 1.54) is 128 Å². The number of nitrogens with two attached hydrogens (primary N) is 1. The number of carbonyl (C=O) groups excluding carboxylic acids is 2. The van der Waals surface area contributed by atoms with Gasteiger partial charge >= 0.3 is 25.7 Å². The standard InChI is InChI=1S/C52H94NO10P/c1-3-5-7-9-11-13-15-17-19-21-22-23-24-25-26-28-30-32-34-36-38-40-42-44-51(55)63-48(46-61-64(58,59)62-47-49(53)52(56)57)45-60-50(54)43-41-39-37-35-33-31-29-27-20-18-16-14-12-10-8-6-4-2/h8,10,14,16,20,27,31,33,48-49H,3-7,9,11-13,15,17-19,21-26,28-30,32,34-47,53H2,1-2H3,(H,56,57)(H,58,59)/b10-8+,16-14+,27-20+,33-31+/t48-,49-/m0/s1. The van der Waals surface area contributed by atoms with Gasteiger partial charge in [0.05, 0.1) is 13.2 Å². The van der Waals surface area contributed by atoms with Gasteiger partial charge < -0.3 is 25.2 Å². The zero-order chi connectivity index (χ0) is 47.0. The van der Waals surface area contributed by atoms with Crippen molar-refractivity contribution in [2.45, 2.75) is 244 Å². The van der Waals surface area contributed by atoms with Gasteiger partial charge in [0, 0.05) is 12.8 Å². The maximum absolute atomic E-state index is 12.7. The third kappa shape index (κ3) is 46.0. The Hall–Kier alpha value is -2.56. The average molecular weight is 924 g/mol. The van der Waals surface area contributed by atoms with Crippen LogP contribution in [0.1, 0.15) is 232 Å². The summed E-state index contributed by atoms with van der Waals surface area (Å²) in [5, 5.41) is 8.92. The molecule has 4 N–H and O–H groups in total. The second-order valence-electron chi connectivity index (χ2n) is 17.3. The molecule has 372 valence electrons. The van der Waals surface area contributed by atoms with Gasteiger partial charge in [-0.3, -0.25) is 23.4 Å². The molecule has 0 radical (unpaired) electrons. The molecule has 0 bridgehead atoms. The van der Waals surface area contributed by atoms with E-state index in [9.17, 15) is 23.8 Å². The third-order valence-electron chi connectivity index (χ3n) is 11.1. The van der Waals surface area contributed by atoms with Crippen molar-refractivity contribution in [3.05, 3.63) is 48.6 Å². The van der Waals surface area contributed by atoms with Crippen molar-refractivity contribution in [3.8, 4) is 0 Å². The van der Waals surface area contributed by atoms with E-state index < -0.39 is 51.1 Å². The molecule has 0 rings (SSSR count). The van der Waals surface area contributed by atoms with Crippen molar-refractivity contribution in [2.75, 3.05) is 19.8 Å². The molecule has 0 aliphatic carbocycles. The van der Waals surface area contributed by atoms with E-state index in [1.807, 2.05) is 0 Å². The number of carboxylic acid groups (broad SMARTS) is 1. The SMILES string of the molecule is CCC/C=C/C/C=C/C/C=C/C/C=C/CCCCCC(=O)OC[C@@H](COP(=O)(O)OC[C@H](N)C(=O)O)OC(=O)CCCCCCCCCCCCCCCCCCCCCCCCC. The number of rotatable bonds is 48. The van der Waals surface area contributed by atoms with Gasteiger partial charge in [-0.05, 0) is 51.4 Å². The van der Waals surface area contributed by atoms with Gasteiger partial charge in [0.1, 0.15) is 12.6 Å². The molecule has 0 saturated carbocycles. The summed E-state index contributed by atoms with van der Waals surface area (Å²) in [5.74, 6) is -2.41. The lowest BCUT2D eigenvalue weighted by Crippen LogP contribution is -2.34. The van der Waals surface area contributed by atoms with E-state index in [0.717, 1.165) is 64.2 Å². The molecule has 11 nitrogen and oxygen atoms in total. The summed E-state index contributed by atoms with van der Waals surface area (Å²) in [6, 6.07) is -1.53. The first-order valence-corrected chi connectivity index (χ1v) is 27.2. The Balaban J connectivity index is 4.25. The molecule has 0 spiro atoms. The van der Waals surface area contributed by atoms with Crippen LogP contribution in [0, 0.1) is 0 Å². The number of carbonyl (C=O) groups is 3. The number of carboxylic acids is 1. The number of hydrogen-bond acceptors (Lipinski definition) is 9.